The highest BCUT2D eigenvalue weighted by Gasteiger charge is 2.11. The van der Waals surface area contributed by atoms with Crippen LogP contribution in [0.5, 0.6) is 0 Å². The first-order valence-corrected chi connectivity index (χ1v) is 8.31. The molecule has 2 amide bonds. The van der Waals surface area contributed by atoms with Crippen LogP contribution in [0.3, 0.4) is 0 Å². The minimum Gasteiger partial charge on any atom is -0.326 e. The first-order chi connectivity index (χ1) is 11.3. The van der Waals surface area contributed by atoms with Gasteiger partial charge in [0.05, 0.1) is 5.56 Å². The molecule has 0 aliphatic heterocycles. The van der Waals surface area contributed by atoms with Crippen molar-refractivity contribution >= 4 is 39.1 Å². The average molecular weight is 393 g/mol. The van der Waals surface area contributed by atoms with Crippen molar-refractivity contribution in [2.75, 3.05) is 10.6 Å². The van der Waals surface area contributed by atoms with E-state index in [9.17, 15) is 14.0 Å². The molecule has 2 aromatic carbocycles. The third-order valence-electron chi connectivity index (χ3n) is 3.20. The molecule has 0 atom stereocenters. The molecule has 0 bridgehead atoms. The summed E-state index contributed by atoms with van der Waals surface area (Å²) in [6.07, 6.45) is 0.455. The molecule has 0 aromatic heterocycles. The van der Waals surface area contributed by atoms with Crippen LogP contribution in [0.1, 0.15) is 30.6 Å². The second-order valence-corrected chi connectivity index (χ2v) is 6.66. The van der Waals surface area contributed by atoms with Crippen LogP contribution in [-0.2, 0) is 4.79 Å². The Bertz CT molecular complexity index is 745. The number of halogens is 2. The van der Waals surface area contributed by atoms with Crippen LogP contribution in [0.15, 0.2) is 46.9 Å². The second kappa shape index (κ2) is 8.06. The van der Waals surface area contributed by atoms with Gasteiger partial charge in [0.15, 0.2) is 0 Å². The zero-order valence-electron chi connectivity index (χ0n) is 13.4. The lowest BCUT2D eigenvalue weighted by molar-refractivity contribution is -0.116. The molecule has 0 unspecified atom stereocenters. The van der Waals surface area contributed by atoms with Crippen molar-refractivity contribution in [1.29, 1.82) is 0 Å². The quantitative estimate of drug-likeness (QED) is 0.765. The maximum Gasteiger partial charge on any atom is 0.256 e. The fourth-order valence-electron chi connectivity index (χ4n) is 2.09. The van der Waals surface area contributed by atoms with E-state index in [1.54, 1.807) is 24.3 Å². The van der Waals surface area contributed by atoms with Crippen LogP contribution in [-0.4, -0.2) is 11.8 Å². The lowest BCUT2D eigenvalue weighted by Crippen LogP contribution is -2.14. The molecule has 0 saturated carbocycles. The van der Waals surface area contributed by atoms with Gasteiger partial charge in [-0.1, -0.05) is 13.8 Å². The number of anilines is 2. The van der Waals surface area contributed by atoms with Crippen molar-refractivity contribution in [2.45, 2.75) is 20.3 Å². The van der Waals surface area contributed by atoms with Gasteiger partial charge in [0.2, 0.25) is 5.91 Å². The Kier molecular flexibility index (Phi) is 6.09. The third-order valence-corrected chi connectivity index (χ3v) is 3.85. The molecule has 6 heteroatoms. The Morgan fingerprint density at radius 2 is 1.62 bits per heavy atom. The molecule has 0 spiro atoms. The summed E-state index contributed by atoms with van der Waals surface area (Å²) in [7, 11) is 0. The number of nitrogens with one attached hydrogen (secondary N) is 2. The number of carbonyl (C=O) groups is 2. The minimum atomic E-state index is -0.417. The van der Waals surface area contributed by atoms with E-state index in [1.807, 2.05) is 13.8 Å². The summed E-state index contributed by atoms with van der Waals surface area (Å²) in [5.41, 5.74) is 1.59. The molecule has 0 aliphatic carbocycles. The maximum atomic E-state index is 13.1. The van der Waals surface area contributed by atoms with Gasteiger partial charge in [0.1, 0.15) is 5.82 Å². The van der Waals surface area contributed by atoms with Crippen molar-refractivity contribution in [3.63, 3.8) is 0 Å². The van der Waals surface area contributed by atoms with E-state index in [2.05, 4.69) is 26.6 Å². The van der Waals surface area contributed by atoms with Crippen molar-refractivity contribution in [2.24, 2.45) is 5.92 Å². The van der Waals surface area contributed by atoms with E-state index >= 15 is 0 Å². The predicted octanol–water partition coefficient (Wildman–Crippen LogP) is 4.83. The summed E-state index contributed by atoms with van der Waals surface area (Å²) in [6.45, 7) is 3.96. The van der Waals surface area contributed by atoms with E-state index in [1.165, 1.54) is 18.2 Å². The topological polar surface area (TPSA) is 58.2 Å². The largest absolute Gasteiger partial charge is 0.326 e. The van der Waals surface area contributed by atoms with Gasteiger partial charge in [-0.15, -0.1) is 0 Å². The monoisotopic (exact) mass is 392 g/mol. The molecule has 0 heterocycles. The number of rotatable bonds is 5. The predicted molar refractivity (Wildman–Crippen MR) is 96.6 cm³/mol. The van der Waals surface area contributed by atoms with Crippen molar-refractivity contribution in [1.82, 2.24) is 0 Å². The molecule has 4 nitrogen and oxygen atoms in total. The lowest BCUT2D eigenvalue weighted by Gasteiger charge is -2.10. The van der Waals surface area contributed by atoms with Gasteiger partial charge in [-0.25, -0.2) is 4.39 Å². The Morgan fingerprint density at radius 3 is 2.17 bits per heavy atom. The first-order valence-electron chi connectivity index (χ1n) is 7.51. The Balaban J connectivity index is 2.01. The van der Waals surface area contributed by atoms with Gasteiger partial charge in [-0.3, -0.25) is 9.59 Å². The Morgan fingerprint density at radius 1 is 1.04 bits per heavy atom. The van der Waals surface area contributed by atoms with Crippen molar-refractivity contribution < 1.29 is 14.0 Å². The molecule has 2 N–H and O–H groups in total. The molecule has 24 heavy (non-hydrogen) atoms. The maximum absolute atomic E-state index is 13.1. The number of amides is 2. The first kappa shape index (κ1) is 18.1. The van der Waals surface area contributed by atoms with Crippen LogP contribution >= 0.6 is 15.9 Å². The highest BCUT2D eigenvalue weighted by atomic mass is 79.9. The van der Waals surface area contributed by atoms with Gasteiger partial charge in [-0.05, 0) is 64.3 Å². The zero-order chi connectivity index (χ0) is 17.7. The molecule has 126 valence electrons. The van der Waals surface area contributed by atoms with Gasteiger partial charge < -0.3 is 10.6 Å². The van der Waals surface area contributed by atoms with Crippen molar-refractivity contribution in [3.8, 4) is 0 Å². The number of hydrogen-bond donors (Lipinski definition) is 2. The molecule has 2 aromatic rings. The molecule has 0 radical (unpaired) electrons. The summed E-state index contributed by atoms with van der Waals surface area (Å²) < 4.78 is 13.5. The van der Waals surface area contributed by atoms with Crippen LogP contribution in [0.25, 0.3) is 0 Å². The van der Waals surface area contributed by atoms with Crippen LogP contribution < -0.4 is 10.6 Å². The number of benzene rings is 2. The van der Waals surface area contributed by atoms with Crippen LogP contribution in [0.2, 0.25) is 0 Å². The number of hydrogen-bond acceptors (Lipinski definition) is 2. The van der Waals surface area contributed by atoms with Gasteiger partial charge >= 0.3 is 0 Å². The van der Waals surface area contributed by atoms with E-state index in [4.69, 9.17) is 0 Å². The SMILES string of the molecule is CC(C)CC(=O)Nc1ccc(NC(=O)c2ccc(F)cc2Br)cc1. The summed E-state index contributed by atoms with van der Waals surface area (Å²) >= 11 is 3.17. The fourth-order valence-corrected chi connectivity index (χ4v) is 2.62. The molecule has 0 saturated heterocycles. The zero-order valence-corrected chi connectivity index (χ0v) is 15.0. The molecule has 0 fully saturated rings. The number of carbonyl (C=O) groups excluding carboxylic acids is 2. The summed E-state index contributed by atoms with van der Waals surface area (Å²) in [4.78, 5) is 23.9. The smallest absolute Gasteiger partial charge is 0.256 e. The highest BCUT2D eigenvalue weighted by Crippen LogP contribution is 2.20. The highest BCUT2D eigenvalue weighted by molar-refractivity contribution is 9.10. The second-order valence-electron chi connectivity index (χ2n) is 5.80. The van der Waals surface area contributed by atoms with Gasteiger partial charge in [-0.2, -0.15) is 0 Å². The Labute approximate surface area is 148 Å². The molecular weight excluding hydrogens is 375 g/mol. The van der Waals surface area contributed by atoms with Gasteiger partial charge in [0, 0.05) is 22.3 Å². The molecule has 2 rings (SSSR count). The standard InChI is InChI=1S/C18H18BrFN2O2/c1-11(2)9-17(23)21-13-4-6-14(7-5-13)22-18(24)15-8-3-12(20)10-16(15)19/h3-8,10-11H,9H2,1-2H3,(H,21,23)(H,22,24). The summed E-state index contributed by atoms with van der Waals surface area (Å²) in [5.74, 6) is -0.520. The molecular formula is C18H18BrFN2O2. The van der Waals surface area contributed by atoms with Crippen molar-refractivity contribution in [3.05, 3.63) is 58.3 Å². The van der Waals surface area contributed by atoms with E-state index < -0.39 is 5.82 Å². The fraction of sp³-hybridized carbons (Fsp3) is 0.222. The normalized spacial score (nSPS) is 10.5. The van der Waals surface area contributed by atoms with Gasteiger partial charge in [0.25, 0.3) is 5.91 Å². The average Bonchev–Trinajstić information content (AvgIpc) is 2.48. The summed E-state index contributed by atoms with van der Waals surface area (Å²) in [6, 6.07) is 10.7. The molecule has 0 aliphatic rings. The summed E-state index contributed by atoms with van der Waals surface area (Å²) in [5, 5.41) is 5.53. The lowest BCUT2D eigenvalue weighted by atomic mass is 10.1. The van der Waals surface area contributed by atoms with Crippen LogP contribution in [0, 0.1) is 11.7 Å². The third kappa shape index (κ3) is 5.16. The van der Waals surface area contributed by atoms with E-state index in [0.717, 1.165) is 0 Å². The minimum absolute atomic E-state index is 0.0444. The van der Waals surface area contributed by atoms with Crippen LogP contribution in [0.4, 0.5) is 15.8 Å². The van der Waals surface area contributed by atoms with E-state index in [-0.39, 0.29) is 17.7 Å². The Hall–Kier alpha value is -2.21. The van der Waals surface area contributed by atoms with E-state index in [0.29, 0.717) is 27.8 Å².